The Morgan fingerprint density at radius 3 is 2.52 bits per heavy atom. The van der Waals surface area contributed by atoms with Crippen molar-refractivity contribution in [2.45, 2.75) is 30.7 Å². The van der Waals surface area contributed by atoms with Crippen LogP contribution in [0.4, 0.5) is 0 Å². The summed E-state index contributed by atoms with van der Waals surface area (Å²) in [5.41, 5.74) is 2.21. The van der Waals surface area contributed by atoms with E-state index in [-0.39, 0.29) is 0 Å². The van der Waals surface area contributed by atoms with Gasteiger partial charge in [0.1, 0.15) is 5.82 Å². The Labute approximate surface area is 137 Å². The standard InChI is InChI=1S/C17H23N3O2S/c1-13-10-19(2)17(18-13)15-8-9-20(12-15)11-14-4-6-16(7-5-14)23(3,21)22/h4-7,10,15H,8-9,11-12H2,1-3H3/t15-/m1/s1. The average molecular weight is 333 g/mol. The first-order valence-corrected chi connectivity index (χ1v) is 9.73. The highest BCUT2D eigenvalue weighted by Gasteiger charge is 2.26. The van der Waals surface area contributed by atoms with Gasteiger partial charge >= 0.3 is 0 Å². The van der Waals surface area contributed by atoms with Crippen molar-refractivity contribution in [2.75, 3.05) is 19.3 Å². The highest BCUT2D eigenvalue weighted by atomic mass is 32.2. The molecule has 0 bridgehead atoms. The highest BCUT2D eigenvalue weighted by Crippen LogP contribution is 2.27. The van der Waals surface area contributed by atoms with Gasteiger partial charge in [-0.2, -0.15) is 0 Å². The molecular formula is C17H23N3O2S. The summed E-state index contributed by atoms with van der Waals surface area (Å²) in [5, 5.41) is 0. The maximum atomic E-state index is 11.5. The minimum absolute atomic E-state index is 0.379. The van der Waals surface area contributed by atoms with Crippen LogP contribution in [0, 0.1) is 6.92 Å². The van der Waals surface area contributed by atoms with Crippen LogP contribution in [-0.4, -0.2) is 42.2 Å². The van der Waals surface area contributed by atoms with Gasteiger partial charge < -0.3 is 4.57 Å². The second kappa shape index (κ2) is 6.09. The largest absolute Gasteiger partial charge is 0.337 e. The molecule has 1 atom stereocenters. The molecule has 0 spiro atoms. The number of rotatable bonds is 4. The Hall–Kier alpha value is -1.66. The first kappa shape index (κ1) is 16.2. The molecule has 5 nitrogen and oxygen atoms in total. The van der Waals surface area contributed by atoms with Crippen molar-refractivity contribution in [1.29, 1.82) is 0 Å². The normalized spacial score (nSPS) is 19.3. The Kier molecular flexibility index (Phi) is 4.29. The summed E-state index contributed by atoms with van der Waals surface area (Å²) >= 11 is 0. The maximum absolute atomic E-state index is 11.5. The zero-order chi connectivity index (χ0) is 16.6. The molecule has 1 saturated heterocycles. The van der Waals surface area contributed by atoms with Crippen LogP contribution in [0.1, 0.15) is 29.4 Å². The quantitative estimate of drug-likeness (QED) is 0.860. The molecular weight excluding hydrogens is 310 g/mol. The van der Waals surface area contributed by atoms with Gasteiger partial charge in [-0.05, 0) is 37.6 Å². The second-order valence-corrected chi connectivity index (χ2v) is 8.50. The van der Waals surface area contributed by atoms with Crippen molar-refractivity contribution in [3.05, 3.63) is 47.5 Å². The van der Waals surface area contributed by atoms with Crippen molar-refractivity contribution in [3.63, 3.8) is 0 Å². The topological polar surface area (TPSA) is 55.2 Å². The molecule has 1 aromatic carbocycles. The lowest BCUT2D eigenvalue weighted by atomic mass is 10.1. The first-order chi connectivity index (χ1) is 10.8. The summed E-state index contributed by atoms with van der Waals surface area (Å²) in [4.78, 5) is 7.43. The molecule has 124 valence electrons. The number of aryl methyl sites for hydroxylation is 2. The molecule has 0 unspecified atom stereocenters. The number of nitrogens with zero attached hydrogens (tertiary/aromatic N) is 3. The molecule has 0 N–H and O–H groups in total. The number of imidazole rings is 1. The summed E-state index contributed by atoms with van der Waals surface area (Å²) in [5.74, 6) is 1.64. The predicted molar refractivity (Wildman–Crippen MR) is 90.1 cm³/mol. The molecule has 2 aromatic rings. The lowest BCUT2D eigenvalue weighted by molar-refractivity contribution is 0.325. The molecule has 23 heavy (non-hydrogen) atoms. The van der Waals surface area contributed by atoms with Gasteiger partial charge in [0.15, 0.2) is 9.84 Å². The fraction of sp³-hybridized carbons (Fsp3) is 0.471. The third-order valence-electron chi connectivity index (χ3n) is 4.43. The fourth-order valence-electron chi connectivity index (χ4n) is 3.30. The van der Waals surface area contributed by atoms with Crippen molar-refractivity contribution in [3.8, 4) is 0 Å². The predicted octanol–water partition coefficient (Wildman–Crippen LogP) is 2.12. The van der Waals surface area contributed by atoms with Gasteiger partial charge in [-0.1, -0.05) is 12.1 Å². The third-order valence-corrected chi connectivity index (χ3v) is 5.56. The molecule has 0 radical (unpaired) electrons. The van der Waals surface area contributed by atoms with Crippen LogP contribution in [0.2, 0.25) is 0 Å². The number of likely N-dealkylation sites (tertiary alicyclic amines) is 1. The molecule has 1 aromatic heterocycles. The zero-order valence-corrected chi connectivity index (χ0v) is 14.7. The molecule has 3 rings (SSSR count). The van der Waals surface area contributed by atoms with Crippen LogP contribution >= 0.6 is 0 Å². The van der Waals surface area contributed by atoms with Gasteiger partial charge in [0.05, 0.1) is 10.6 Å². The van der Waals surface area contributed by atoms with Crippen LogP contribution in [0.25, 0.3) is 0 Å². The van der Waals surface area contributed by atoms with Gasteiger partial charge in [0.2, 0.25) is 0 Å². The van der Waals surface area contributed by atoms with E-state index in [9.17, 15) is 8.42 Å². The van der Waals surface area contributed by atoms with Crippen LogP contribution in [0.3, 0.4) is 0 Å². The van der Waals surface area contributed by atoms with Crippen molar-refractivity contribution in [1.82, 2.24) is 14.5 Å². The Morgan fingerprint density at radius 1 is 1.26 bits per heavy atom. The summed E-state index contributed by atoms with van der Waals surface area (Å²) in [6.07, 6.45) is 4.43. The minimum atomic E-state index is -3.12. The van der Waals surface area contributed by atoms with E-state index in [1.807, 2.05) is 19.1 Å². The average Bonchev–Trinajstić information content (AvgIpc) is 3.05. The SMILES string of the molecule is Cc1cn(C)c([C@@H]2CCN(Cc3ccc(S(C)(=O)=O)cc3)C2)n1. The lowest BCUT2D eigenvalue weighted by Gasteiger charge is -2.16. The van der Waals surface area contributed by atoms with Gasteiger partial charge in [-0.15, -0.1) is 0 Å². The molecule has 0 aliphatic carbocycles. The van der Waals surface area contributed by atoms with Gasteiger partial charge in [0.25, 0.3) is 0 Å². The van der Waals surface area contributed by atoms with E-state index in [0.717, 1.165) is 43.1 Å². The highest BCUT2D eigenvalue weighted by molar-refractivity contribution is 7.90. The van der Waals surface area contributed by atoms with Gasteiger partial charge in [-0.25, -0.2) is 13.4 Å². The molecule has 1 aliphatic heterocycles. The number of sulfone groups is 1. The Balaban J connectivity index is 1.65. The van der Waals surface area contributed by atoms with Crippen molar-refractivity contribution >= 4 is 9.84 Å². The van der Waals surface area contributed by atoms with E-state index in [0.29, 0.717) is 10.8 Å². The van der Waals surface area contributed by atoms with E-state index in [4.69, 9.17) is 0 Å². The Morgan fingerprint density at radius 2 is 1.96 bits per heavy atom. The van der Waals surface area contributed by atoms with Crippen LogP contribution < -0.4 is 0 Å². The van der Waals surface area contributed by atoms with E-state index in [1.54, 1.807) is 12.1 Å². The van der Waals surface area contributed by atoms with Crippen LogP contribution in [-0.2, 0) is 23.4 Å². The minimum Gasteiger partial charge on any atom is -0.337 e. The van der Waals surface area contributed by atoms with Crippen molar-refractivity contribution < 1.29 is 8.42 Å². The molecule has 0 saturated carbocycles. The van der Waals surface area contributed by atoms with Crippen LogP contribution in [0.15, 0.2) is 35.4 Å². The smallest absolute Gasteiger partial charge is 0.175 e. The maximum Gasteiger partial charge on any atom is 0.175 e. The van der Waals surface area contributed by atoms with Crippen LogP contribution in [0.5, 0.6) is 0 Å². The summed E-state index contributed by atoms with van der Waals surface area (Å²) < 4.78 is 25.1. The van der Waals surface area contributed by atoms with E-state index in [1.165, 1.54) is 6.26 Å². The number of aromatic nitrogens is 2. The molecule has 6 heteroatoms. The van der Waals surface area contributed by atoms with E-state index < -0.39 is 9.84 Å². The Bertz CT molecular complexity index is 794. The summed E-state index contributed by atoms with van der Waals surface area (Å²) in [6.45, 7) is 4.92. The third kappa shape index (κ3) is 3.64. The molecule has 1 aliphatic rings. The van der Waals surface area contributed by atoms with Gasteiger partial charge in [0, 0.05) is 38.5 Å². The number of hydrogen-bond donors (Lipinski definition) is 0. The fourth-order valence-corrected chi connectivity index (χ4v) is 3.93. The lowest BCUT2D eigenvalue weighted by Crippen LogP contribution is -2.20. The summed E-state index contributed by atoms with van der Waals surface area (Å²) in [6, 6.07) is 7.21. The molecule has 0 amide bonds. The second-order valence-electron chi connectivity index (χ2n) is 6.49. The monoisotopic (exact) mass is 333 g/mol. The first-order valence-electron chi connectivity index (χ1n) is 7.84. The summed E-state index contributed by atoms with van der Waals surface area (Å²) in [7, 11) is -1.06. The zero-order valence-electron chi connectivity index (χ0n) is 13.9. The molecule has 2 heterocycles. The van der Waals surface area contributed by atoms with Gasteiger partial charge in [-0.3, -0.25) is 4.90 Å². The number of benzene rings is 1. The van der Waals surface area contributed by atoms with E-state index in [2.05, 4.69) is 27.7 Å². The molecule has 1 fully saturated rings. The van der Waals surface area contributed by atoms with Crippen molar-refractivity contribution in [2.24, 2.45) is 7.05 Å². The number of hydrogen-bond acceptors (Lipinski definition) is 4. The van der Waals surface area contributed by atoms with E-state index >= 15 is 0 Å².